The molecule has 0 aliphatic heterocycles. The Morgan fingerprint density at radius 3 is 2.55 bits per heavy atom. The highest BCUT2D eigenvalue weighted by Crippen LogP contribution is 2.26. The summed E-state index contributed by atoms with van der Waals surface area (Å²) in [7, 11) is 1.90. The highest BCUT2D eigenvalue weighted by Gasteiger charge is 2.17. The molecule has 0 aliphatic rings. The van der Waals surface area contributed by atoms with Crippen LogP contribution in [0.15, 0.2) is 24.3 Å². The zero-order chi connectivity index (χ0) is 15.9. The van der Waals surface area contributed by atoms with Crippen molar-refractivity contribution < 1.29 is 9.53 Å². The minimum Gasteiger partial charge on any atom is -0.481 e. The Hall–Kier alpha value is -1.26. The van der Waals surface area contributed by atoms with Crippen molar-refractivity contribution in [1.29, 1.82) is 0 Å². The molecule has 0 bridgehead atoms. The Morgan fingerprint density at radius 2 is 1.95 bits per heavy atom. The Morgan fingerprint density at radius 1 is 1.27 bits per heavy atom. The van der Waals surface area contributed by atoms with E-state index in [0.717, 1.165) is 18.7 Å². The number of benzene rings is 1. The fraction of sp³-hybridized carbons (Fsp3) is 0.588. The van der Waals surface area contributed by atoms with Crippen LogP contribution in [0.5, 0.6) is 5.75 Å². The Kier molecular flexibility index (Phi) is 9.14. The van der Waals surface area contributed by atoms with Gasteiger partial charge in [0.2, 0.25) is 0 Å². The molecule has 0 saturated carbocycles. The molecule has 1 rings (SSSR count). The summed E-state index contributed by atoms with van der Waals surface area (Å²) in [6, 6.07) is 7.94. The van der Waals surface area contributed by atoms with Gasteiger partial charge in [0, 0.05) is 6.54 Å². The summed E-state index contributed by atoms with van der Waals surface area (Å²) in [4.78, 5) is 11.9. The molecule has 1 aromatic carbocycles. The molecule has 1 atom stereocenters. The lowest BCUT2D eigenvalue weighted by Gasteiger charge is -2.21. The van der Waals surface area contributed by atoms with Gasteiger partial charge in [0.15, 0.2) is 6.10 Å². The first-order chi connectivity index (χ1) is 9.84. The fourth-order valence-corrected chi connectivity index (χ4v) is 1.91. The van der Waals surface area contributed by atoms with E-state index in [9.17, 15) is 4.79 Å². The van der Waals surface area contributed by atoms with Crippen LogP contribution in [0, 0.1) is 0 Å². The zero-order valence-corrected chi connectivity index (χ0v) is 15.0. The van der Waals surface area contributed by atoms with Gasteiger partial charge < -0.3 is 15.4 Å². The van der Waals surface area contributed by atoms with E-state index in [2.05, 4.69) is 37.5 Å². The number of nitrogens with one attached hydrogen (secondary N) is 2. The van der Waals surface area contributed by atoms with Crippen LogP contribution in [-0.2, 0) is 10.2 Å². The third-order valence-electron chi connectivity index (χ3n) is 3.28. The maximum absolute atomic E-state index is 11.9. The summed E-state index contributed by atoms with van der Waals surface area (Å²) < 4.78 is 5.74. The van der Waals surface area contributed by atoms with Crippen LogP contribution in [0.2, 0.25) is 0 Å². The van der Waals surface area contributed by atoms with Gasteiger partial charge >= 0.3 is 0 Å². The van der Waals surface area contributed by atoms with E-state index in [1.54, 1.807) is 6.92 Å². The molecule has 0 fully saturated rings. The van der Waals surface area contributed by atoms with Gasteiger partial charge in [-0.25, -0.2) is 0 Å². The molecule has 0 saturated heterocycles. The third-order valence-corrected chi connectivity index (χ3v) is 3.28. The van der Waals surface area contributed by atoms with Crippen molar-refractivity contribution >= 4 is 18.3 Å². The summed E-state index contributed by atoms with van der Waals surface area (Å²) in [5.41, 5.74) is 1.26. The second kappa shape index (κ2) is 9.70. The molecule has 1 aromatic rings. The smallest absolute Gasteiger partial charge is 0.260 e. The van der Waals surface area contributed by atoms with Crippen molar-refractivity contribution in [3.05, 3.63) is 29.8 Å². The number of carbonyl (C=O) groups excluding carboxylic acids is 1. The molecule has 4 nitrogen and oxygen atoms in total. The lowest BCUT2D eigenvalue weighted by molar-refractivity contribution is -0.127. The number of ether oxygens (including phenoxy) is 1. The molecule has 1 unspecified atom stereocenters. The summed E-state index contributed by atoms with van der Waals surface area (Å²) in [6.07, 6.45) is 0.420. The third kappa shape index (κ3) is 7.14. The molecule has 0 radical (unpaired) electrons. The fourth-order valence-electron chi connectivity index (χ4n) is 1.91. The first kappa shape index (κ1) is 20.7. The number of amides is 1. The van der Waals surface area contributed by atoms with Gasteiger partial charge in [-0.3, -0.25) is 4.79 Å². The van der Waals surface area contributed by atoms with Crippen LogP contribution < -0.4 is 15.4 Å². The van der Waals surface area contributed by atoms with Crippen LogP contribution in [-0.4, -0.2) is 32.1 Å². The summed E-state index contributed by atoms with van der Waals surface area (Å²) in [5, 5.41) is 5.93. The number of rotatable bonds is 7. The van der Waals surface area contributed by atoms with Crippen LogP contribution >= 0.6 is 12.4 Å². The number of hydrogen-bond acceptors (Lipinski definition) is 3. The second-order valence-corrected chi connectivity index (χ2v) is 6.29. The lowest BCUT2D eigenvalue weighted by Crippen LogP contribution is -2.37. The number of carbonyl (C=O) groups is 1. The zero-order valence-electron chi connectivity index (χ0n) is 14.2. The molecule has 2 N–H and O–H groups in total. The average molecular weight is 329 g/mol. The molecule has 126 valence electrons. The van der Waals surface area contributed by atoms with E-state index >= 15 is 0 Å². The van der Waals surface area contributed by atoms with Crippen molar-refractivity contribution in [1.82, 2.24) is 10.6 Å². The van der Waals surface area contributed by atoms with Gasteiger partial charge in [-0.2, -0.15) is 0 Å². The van der Waals surface area contributed by atoms with Gasteiger partial charge in [-0.1, -0.05) is 32.9 Å². The molecule has 0 heterocycles. The average Bonchev–Trinajstić information content (AvgIpc) is 2.42. The predicted octanol–water partition coefficient (Wildman–Crippen LogP) is 2.90. The standard InChI is InChI=1S/C17H28N2O2.ClH/c1-13(16(20)19-11-7-10-18-5)21-15-9-6-8-14(12-15)17(2,3)4;/h6,8-9,12-13,18H,7,10-11H2,1-5H3,(H,19,20);1H. The van der Waals surface area contributed by atoms with Crippen LogP contribution in [0.25, 0.3) is 0 Å². The minimum absolute atomic E-state index is 0. The quantitative estimate of drug-likeness (QED) is 0.757. The first-order valence-corrected chi connectivity index (χ1v) is 7.54. The Balaban J connectivity index is 0.00000441. The highest BCUT2D eigenvalue weighted by molar-refractivity contribution is 5.85. The normalized spacial score (nSPS) is 12.2. The lowest BCUT2D eigenvalue weighted by atomic mass is 9.87. The van der Waals surface area contributed by atoms with E-state index in [-0.39, 0.29) is 23.7 Å². The van der Waals surface area contributed by atoms with Crippen LogP contribution in [0.4, 0.5) is 0 Å². The Bertz CT molecular complexity index is 458. The minimum atomic E-state index is -0.491. The maximum Gasteiger partial charge on any atom is 0.260 e. The Labute approximate surface area is 140 Å². The molecule has 0 aliphatic carbocycles. The summed E-state index contributed by atoms with van der Waals surface area (Å²) in [6.45, 7) is 9.80. The molecular formula is C17H29ClN2O2. The topological polar surface area (TPSA) is 50.4 Å². The van der Waals surface area contributed by atoms with E-state index in [1.807, 2.05) is 25.2 Å². The maximum atomic E-state index is 11.9. The monoisotopic (exact) mass is 328 g/mol. The number of hydrogen-bond donors (Lipinski definition) is 2. The van der Waals surface area contributed by atoms with Gasteiger partial charge in [-0.05, 0) is 50.0 Å². The van der Waals surface area contributed by atoms with Crippen LogP contribution in [0.3, 0.4) is 0 Å². The highest BCUT2D eigenvalue weighted by atomic mass is 35.5. The SMILES string of the molecule is CNCCCNC(=O)C(C)Oc1cccc(C(C)(C)C)c1.Cl. The van der Waals surface area contributed by atoms with Crippen molar-refractivity contribution in [2.45, 2.75) is 45.6 Å². The summed E-state index contributed by atoms with van der Waals surface area (Å²) in [5.74, 6) is 0.660. The van der Waals surface area contributed by atoms with Crippen molar-refractivity contribution in [3.8, 4) is 5.75 Å². The molecule has 1 amide bonds. The molecular weight excluding hydrogens is 300 g/mol. The van der Waals surface area contributed by atoms with E-state index in [1.165, 1.54) is 5.56 Å². The van der Waals surface area contributed by atoms with E-state index in [4.69, 9.17) is 4.74 Å². The van der Waals surface area contributed by atoms with Crippen LogP contribution in [0.1, 0.15) is 39.7 Å². The second-order valence-electron chi connectivity index (χ2n) is 6.29. The summed E-state index contributed by atoms with van der Waals surface area (Å²) >= 11 is 0. The molecule has 22 heavy (non-hydrogen) atoms. The van der Waals surface area contributed by atoms with Crippen molar-refractivity contribution in [2.24, 2.45) is 0 Å². The van der Waals surface area contributed by atoms with E-state index in [0.29, 0.717) is 6.54 Å². The van der Waals surface area contributed by atoms with Gasteiger partial charge in [0.1, 0.15) is 5.75 Å². The first-order valence-electron chi connectivity index (χ1n) is 7.54. The van der Waals surface area contributed by atoms with Gasteiger partial charge in [0.05, 0.1) is 0 Å². The predicted molar refractivity (Wildman–Crippen MR) is 94.0 cm³/mol. The molecule has 0 spiro atoms. The van der Waals surface area contributed by atoms with Crippen molar-refractivity contribution in [3.63, 3.8) is 0 Å². The molecule has 0 aromatic heterocycles. The largest absolute Gasteiger partial charge is 0.481 e. The van der Waals surface area contributed by atoms with E-state index < -0.39 is 6.10 Å². The molecule has 5 heteroatoms. The number of halogens is 1. The van der Waals surface area contributed by atoms with Crippen molar-refractivity contribution in [2.75, 3.05) is 20.1 Å². The van der Waals surface area contributed by atoms with Gasteiger partial charge in [0.25, 0.3) is 5.91 Å². The van der Waals surface area contributed by atoms with Gasteiger partial charge in [-0.15, -0.1) is 12.4 Å².